The molecule has 7 heteroatoms. The van der Waals surface area contributed by atoms with Crippen molar-refractivity contribution in [3.05, 3.63) is 52.4 Å². The average molecular weight is 338 g/mol. The van der Waals surface area contributed by atoms with E-state index in [0.717, 1.165) is 0 Å². The Morgan fingerprint density at radius 2 is 2.15 bits per heavy atom. The molecular formula is C13H12BrN3O3. The van der Waals surface area contributed by atoms with Gasteiger partial charge in [0.05, 0.1) is 0 Å². The minimum absolute atomic E-state index is 0.0200. The molecule has 0 fully saturated rings. The van der Waals surface area contributed by atoms with E-state index >= 15 is 0 Å². The Balaban J connectivity index is 2.29. The normalized spacial score (nSPS) is 11.4. The molecule has 0 radical (unpaired) electrons. The van der Waals surface area contributed by atoms with Crippen molar-refractivity contribution < 1.29 is 14.4 Å². The molecule has 0 saturated carbocycles. The van der Waals surface area contributed by atoms with Gasteiger partial charge in [-0.15, -0.1) is 0 Å². The molecule has 20 heavy (non-hydrogen) atoms. The quantitative estimate of drug-likeness (QED) is 0.389. The molecule has 0 aliphatic heterocycles. The fraction of sp³-hybridized carbons (Fsp3) is 0.0769. The standard InChI is InChI=1S/C13H12BrN3O3/c1-17(13(18)10-5-6-11(14)20-10)9-4-2-3-8(7-9)12(15)16-19/h2-7,19H,1H3,(H2,15,16). The zero-order valence-electron chi connectivity index (χ0n) is 10.6. The van der Waals surface area contributed by atoms with Gasteiger partial charge in [0.1, 0.15) is 0 Å². The summed E-state index contributed by atoms with van der Waals surface area (Å²) in [5.74, 6) is -0.102. The van der Waals surface area contributed by atoms with E-state index in [9.17, 15) is 4.79 Å². The molecule has 2 rings (SSSR count). The molecule has 2 aromatic rings. The molecule has 0 saturated heterocycles. The Labute approximate surface area is 123 Å². The molecule has 0 aliphatic carbocycles. The Bertz CT molecular complexity index is 666. The zero-order chi connectivity index (χ0) is 14.7. The van der Waals surface area contributed by atoms with E-state index < -0.39 is 0 Å². The highest BCUT2D eigenvalue weighted by Gasteiger charge is 2.17. The smallest absolute Gasteiger partial charge is 0.293 e. The molecule has 0 bridgehead atoms. The van der Waals surface area contributed by atoms with Crippen LogP contribution in [0, 0.1) is 0 Å². The lowest BCUT2D eigenvalue weighted by Crippen LogP contribution is -2.26. The van der Waals surface area contributed by atoms with Gasteiger partial charge in [0.2, 0.25) is 0 Å². The Morgan fingerprint density at radius 3 is 2.75 bits per heavy atom. The van der Waals surface area contributed by atoms with Gasteiger partial charge in [0.25, 0.3) is 5.91 Å². The van der Waals surface area contributed by atoms with Gasteiger partial charge in [-0.2, -0.15) is 0 Å². The second kappa shape index (κ2) is 5.79. The van der Waals surface area contributed by atoms with Gasteiger partial charge in [-0.3, -0.25) is 4.79 Å². The van der Waals surface area contributed by atoms with Gasteiger partial charge in [0, 0.05) is 18.3 Å². The van der Waals surface area contributed by atoms with Gasteiger partial charge in [0.15, 0.2) is 16.3 Å². The van der Waals surface area contributed by atoms with Crippen LogP contribution in [0.3, 0.4) is 0 Å². The molecule has 1 heterocycles. The molecule has 0 atom stereocenters. The van der Waals surface area contributed by atoms with Gasteiger partial charge in [-0.1, -0.05) is 17.3 Å². The number of nitrogens with zero attached hydrogens (tertiary/aromatic N) is 2. The second-order valence-corrected chi connectivity index (χ2v) is 4.79. The number of hydrogen-bond acceptors (Lipinski definition) is 4. The molecule has 104 valence electrons. The van der Waals surface area contributed by atoms with Crippen LogP contribution < -0.4 is 10.6 Å². The first-order valence-corrected chi connectivity index (χ1v) is 6.43. The van der Waals surface area contributed by atoms with Gasteiger partial charge in [-0.25, -0.2) is 0 Å². The van der Waals surface area contributed by atoms with Crippen LogP contribution in [0.5, 0.6) is 0 Å². The van der Waals surface area contributed by atoms with Crippen molar-refractivity contribution in [1.82, 2.24) is 0 Å². The van der Waals surface area contributed by atoms with E-state index in [1.807, 2.05) is 0 Å². The van der Waals surface area contributed by atoms with Crippen molar-refractivity contribution >= 4 is 33.4 Å². The van der Waals surface area contributed by atoms with Crippen LogP contribution in [0.25, 0.3) is 0 Å². The summed E-state index contributed by atoms with van der Waals surface area (Å²) in [6.07, 6.45) is 0. The van der Waals surface area contributed by atoms with Crippen LogP contribution >= 0.6 is 15.9 Å². The lowest BCUT2D eigenvalue weighted by atomic mass is 10.1. The maximum absolute atomic E-state index is 12.2. The fourth-order valence-electron chi connectivity index (χ4n) is 1.64. The Kier molecular flexibility index (Phi) is 4.09. The van der Waals surface area contributed by atoms with Gasteiger partial charge in [-0.05, 0) is 40.2 Å². The first kappa shape index (κ1) is 14.1. The molecule has 0 unspecified atom stereocenters. The highest BCUT2D eigenvalue weighted by atomic mass is 79.9. The summed E-state index contributed by atoms with van der Waals surface area (Å²) in [5, 5.41) is 11.6. The first-order chi connectivity index (χ1) is 9.52. The summed E-state index contributed by atoms with van der Waals surface area (Å²) in [4.78, 5) is 13.6. The van der Waals surface area contributed by atoms with E-state index in [0.29, 0.717) is 15.9 Å². The van der Waals surface area contributed by atoms with Crippen molar-refractivity contribution in [3.63, 3.8) is 0 Å². The third-order valence-electron chi connectivity index (χ3n) is 2.73. The number of nitrogens with two attached hydrogens (primary N) is 1. The summed E-state index contributed by atoms with van der Waals surface area (Å²) in [5.41, 5.74) is 6.65. The molecule has 1 aromatic heterocycles. The SMILES string of the molecule is CN(C(=O)c1ccc(Br)o1)c1cccc(C(N)=NO)c1. The van der Waals surface area contributed by atoms with Crippen molar-refractivity contribution in [2.45, 2.75) is 0 Å². The Morgan fingerprint density at radius 1 is 1.40 bits per heavy atom. The number of carbonyl (C=O) groups is 1. The fourth-order valence-corrected chi connectivity index (χ4v) is 1.95. The third kappa shape index (κ3) is 2.83. The number of halogens is 1. The lowest BCUT2D eigenvalue weighted by Gasteiger charge is -2.16. The van der Waals surface area contributed by atoms with E-state index in [2.05, 4.69) is 21.1 Å². The van der Waals surface area contributed by atoms with E-state index in [4.69, 9.17) is 15.4 Å². The molecule has 3 N–H and O–H groups in total. The number of carbonyl (C=O) groups excluding carboxylic acids is 1. The molecule has 0 spiro atoms. The number of anilines is 1. The minimum atomic E-state index is -0.299. The molecule has 1 aromatic carbocycles. The van der Waals surface area contributed by atoms with Gasteiger partial charge >= 0.3 is 0 Å². The van der Waals surface area contributed by atoms with Crippen LogP contribution in [0.15, 0.2) is 50.6 Å². The summed E-state index contributed by atoms with van der Waals surface area (Å²) in [7, 11) is 1.62. The summed E-state index contributed by atoms with van der Waals surface area (Å²) in [6.45, 7) is 0. The number of benzene rings is 1. The largest absolute Gasteiger partial charge is 0.444 e. The maximum atomic E-state index is 12.2. The van der Waals surface area contributed by atoms with Crippen molar-refractivity contribution in [2.24, 2.45) is 10.9 Å². The molecular weight excluding hydrogens is 326 g/mol. The summed E-state index contributed by atoms with van der Waals surface area (Å²) in [6, 6.07) is 10.0. The average Bonchev–Trinajstić information content (AvgIpc) is 2.91. The number of hydrogen-bond donors (Lipinski definition) is 2. The van der Waals surface area contributed by atoms with Gasteiger partial charge < -0.3 is 20.3 Å². The summed E-state index contributed by atoms with van der Waals surface area (Å²) >= 11 is 3.15. The first-order valence-electron chi connectivity index (χ1n) is 5.64. The van der Waals surface area contributed by atoms with Crippen molar-refractivity contribution in [1.29, 1.82) is 0 Å². The molecule has 6 nitrogen and oxygen atoms in total. The number of amidine groups is 1. The Hall–Kier alpha value is -2.28. The zero-order valence-corrected chi connectivity index (χ0v) is 12.2. The van der Waals surface area contributed by atoms with E-state index in [1.165, 1.54) is 4.90 Å². The van der Waals surface area contributed by atoms with Crippen LogP contribution in [-0.2, 0) is 0 Å². The van der Waals surface area contributed by atoms with E-state index in [1.54, 1.807) is 43.4 Å². The van der Waals surface area contributed by atoms with Crippen LogP contribution in [0.4, 0.5) is 5.69 Å². The predicted octanol–water partition coefficient (Wildman–Crippen LogP) is 2.41. The number of amides is 1. The van der Waals surface area contributed by atoms with Crippen molar-refractivity contribution in [3.8, 4) is 0 Å². The number of oxime groups is 1. The number of furan rings is 1. The third-order valence-corrected chi connectivity index (χ3v) is 3.15. The molecule has 1 amide bonds. The maximum Gasteiger partial charge on any atom is 0.293 e. The van der Waals surface area contributed by atoms with Crippen LogP contribution in [-0.4, -0.2) is 24.0 Å². The highest BCUT2D eigenvalue weighted by Crippen LogP contribution is 2.20. The van der Waals surface area contributed by atoms with Crippen molar-refractivity contribution in [2.75, 3.05) is 11.9 Å². The molecule has 0 aliphatic rings. The topological polar surface area (TPSA) is 92.1 Å². The minimum Gasteiger partial charge on any atom is -0.444 e. The summed E-state index contributed by atoms with van der Waals surface area (Å²) < 4.78 is 5.71. The highest BCUT2D eigenvalue weighted by molar-refractivity contribution is 9.10. The van der Waals surface area contributed by atoms with Crippen LogP contribution in [0.1, 0.15) is 16.1 Å². The predicted molar refractivity (Wildman–Crippen MR) is 78.1 cm³/mol. The van der Waals surface area contributed by atoms with Crippen LogP contribution in [0.2, 0.25) is 0 Å². The van der Waals surface area contributed by atoms with E-state index in [-0.39, 0.29) is 17.5 Å². The number of rotatable bonds is 3. The monoisotopic (exact) mass is 337 g/mol. The second-order valence-electron chi connectivity index (χ2n) is 4.00. The lowest BCUT2D eigenvalue weighted by molar-refractivity contribution is 0.0965.